The zero-order valence-electron chi connectivity index (χ0n) is 12.2. The zero-order chi connectivity index (χ0) is 16.4. The van der Waals surface area contributed by atoms with E-state index in [-0.39, 0.29) is 0 Å². The minimum Gasteiger partial charge on any atom is -0.496 e. The van der Waals surface area contributed by atoms with Crippen LogP contribution in [0.3, 0.4) is 0 Å². The highest BCUT2D eigenvalue weighted by Crippen LogP contribution is 2.34. The third-order valence-electron chi connectivity index (χ3n) is 3.44. The number of ether oxygens (including phenoxy) is 1. The quantitative estimate of drug-likeness (QED) is 0.836. The number of methoxy groups -OCH3 is 1. The van der Waals surface area contributed by atoms with Gasteiger partial charge in [-0.2, -0.15) is 17.5 Å². The largest absolute Gasteiger partial charge is 0.496 e. The van der Waals surface area contributed by atoms with E-state index in [2.05, 4.69) is 0 Å². The molecular formula is C13H18F3NO3S. The fourth-order valence-electron chi connectivity index (χ4n) is 1.85. The molecule has 21 heavy (non-hydrogen) atoms. The summed E-state index contributed by atoms with van der Waals surface area (Å²) in [5.74, 6) is 0.423. The lowest BCUT2D eigenvalue weighted by molar-refractivity contribution is -0.127. The van der Waals surface area contributed by atoms with Crippen molar-refractivity contribution in [1.82, 2.24) is 4.31 Å². The molecule has 0 aliphatic carbocycles. The number of nitrogens with zero attached hydrogens (tertiary/aromatic N) is 1. The Balaban J connectivity index is 3.16. The summed E-state index contributed by atoms with van der Waals surface area (Å²) >= 11 is 0. The summed E-state index contributed by atoms with van der Waals surface area (Å²) < 4.78 is 68.0. The second-order valence-electron chi connectivity index (χ2n) is 4.66. The van der Waals surface area contributed by atoms with Crippen molar-refractivity contribution in [1.29, 1.82) is 0 Å². The molecule has 0 bridgehead atoms. The number of para-hydroxylation sites is 1. The normalized spacial score (nSPS) is 15.8. The van der Waals surface area contributed by atoms with Crippen LogP contribution in [0, 0.1) is 0 Å². The summed E-state index contributed by atoms with van der Waals surface area (Å²) in [6.07, 6.45) is -4.81. The van der Waals surface area contributed by atoms with Gasteiger partial charge in [-0.05, 0) is 19.9 Å². The molecule has 0 fully saturated rings. The van der Waals surface area contributed by atoms with Crippen LogP contribution >= 0.6 is 0 Å². The van der Waals surface area contributed by atoms with Crippen LogP contribution in [0.25, 0.3) is 0 Å². The number of hydrogen-bond donors (Lipinski definition) is 0. The van der Waals surface area contributed by atoms with Gasteiger partial charge in [0, 0.05) is 12.6 Å². The molecule has 0 unspecified atom stereocenters. The van der Waals surface area contributed by atoms with Crippen molar-refractivity contribution in [3.63, 3.8) is 0 Å². The third-order valence-corrected chi connectivity index (χ3v) is 5.72. The molecule has 0 amide bonds. The minimum absolute atomic E-state index is 0.423. The second kappa shape index (κ2) is 6.23. The molecule has 2 atom stereocenters. The highest BCUT2D eigenvalue weighted by Gasteiger charge is 2.47. The maximum absolute atomic E-state index is 12.7. The lowest BCUT2D eigenvalue weighted by Gasteiger charge is -2.29. The molecule has 8 heteroatoms. The van der Waals surface area contributed by atoms with Crippen LogP contribution in [0.15, 0.2) is 24.3 Å². The van der Waals surface area contributed by atoms with Crippen molar-refractivity contribution in [2.75, 3.05) is 14.2 Å². The van der Waals surface area contributed by atoms with Crippen LogP contribution in [0.5, 0.6) is 5.75 Å². The number of sulfonamides is 1. The van der Waals surface area contributed by atoms with E-state index in [9.17, 15) is 21.6 Å². The van der Waals surface area contributed by atoms with Gasteiger partial charge in [-0.1, -0.05) is 18.2 Å². The Morgan fingerprint density at radius 1 is 1.19 bits per heavy atom. The second-order valence-corrected chi connectivity index (χ2v) is 6.98. The van der Waals surface area contributed by atoms with E-state index < -0.39 is 27.5 Å². The molecule has 0 saturated heterocycles. The van der Waals surface area contributed by atoms with Crippen LogP contribution in [-0.4, -0.2) is 38.3 Å². The lowest BCUT2D eigenvalue weighted by Crippen LogP contribution is -2.43. The monoisotopic (exact) mass is 325 g/mol. The van der Waals surface area contributed by atoms with Crippen LogP contribution < -0.4 is 4.74 Å². The highest BCUT2D eigenvalue weighted by molar-refractivity contribution is 7.89. The number of alkyl halides is 3. The maximum Gasteiger partial charge on any atom is 0.406 e. The molecule has 1 rings (SSSR count). The summed E-state index contributed by atoms with van der Waals surface area (Å²) in [7, 11) is -1.97. The molecule has 0 spiro atoms. The van der Waals surface area contributed by atoms with Gasteiger partial charge in [0.25, 0.3) is 0 Å². The van der Waals surface area contributed by atoms with Crippen molar-refractivity contribution in [2.24, 2.45) is 0 Å². The van der Waals surface area contributed by atoms with Gasteiger partial charge >= 0.3 is 6.18 Å². The van der Waals surface area contributed by atoms with Gasteiger partial charge in [0.15, 0.2) is 5.25 Å². The standard InChI is InChI=1S/C13H18F3NO3S/c1-9(11-7-5-6-8-12(11)20-4)17(3)21(18,19)10(2)13(14,15)16/h5-10H,1-4H3/t9-,10+/m1/s1. The van der Waals surface area contributed by atoms with Gasteiger partial charge < -0.3 is 4.74 Å². The molecule has 0 aromatic heterocycles. The molecule has 120 valence electrons. The Labute approximate surface area is 122 Å². The summed E-state index contributed by atoms with van der Waals surface area (Å²) in [5, 5.41) is -2.47. The van der Waals surface area contributed by atoms with Crippen LogP contribution in [0.1, 0.15) is 25.5 Å². The van der Waals surface area contributed by atoms with Gasteiger partial charge in [-0.15, -0.1) is 0 Å². The summed E-state index contributed by atoms with van der Waals surface area (Å²) in [6, 6.07) is 5.83. The Bertz CT molecular complexity index is 587. The van der Waals surface area contributed by atoms with Crippen LogP contribution in [0.4, 0.5) is 13.2 Å². The summed E-state index contributed by atoms with van der Waals surface area (Å²) in [6.45, 7) is 2.15. The van der Waals surface area contributed by atoms with E-state index in [4.69, 9.17) is 4.74 Å². The first-order chi connectivity index (χ1) is 9.53. The molecule has 0 aliphatic heterocycles. The number of halogens is 3. The smallest absolute Gasteiger partial charge is 0.406 e. The summed E-state index contributed by atoms with van der Waals surface area (Å²) in [4.78, 5) is 0. The molecule has 1 aromatic rings. The molecule has 0 aliphatic rings. The van der Waals surface area contributed by atoms with Crippen molar-refractivity contribution >= 4 is 10.0 Å². The van der Waals surface area contributed by atoms with E-state index in [1.54, 1.807) is 24.3 Å². The first kappa shape index (κ1) is 17.8. The SMILES string of the molecule is COc1ccccc1[C@@H](C)N(C)S(=O)(=O)[C@@H](C)C(F)(F)F. The number of rotatable bonds is 5. The van der Waals surface area contributed by atoms with Gasteiger partial charge in [-0.25, -0.2) is 8.42 Å². The fourth-order valence-corrected chi connectivity index (χ4v) is 3.24. The van der Waals surface area contributed by atoms with E-state index in [1.807, 2.05) is 0 Å². The zero-order valence-corrected chi connectivity index (χ0v) is 13.0. The summed E-state index contributed by atoms with van der Waals surface area (Å²) in [5.41, 5.74) is 0.500. The van der Waals surface area contributed by atoms with Crippen molar-refractivity contribution in [3.8, 4) is 5.75 Å². The van der Waals surface area contributed by atoms with Gasteiger partial charge in [0.05, 0.1) is 13.2 Å². The Morgan fingerprint density at radius 3 is 2.19 bits per heavy atom. The predicted octanol–water partition coefficient (Wildman–Crippen LogP) is 2.97. The molecule has 4 nitrogen and oxygen atoms in total. The van der Waals surface area contributed by atoms with Gasteiger partial charge in [0.1, 0.15) is 5.75 Å². The average molecular weight is 325 g/mol. The molecule has 1 aromatic carbocycles. The van der Waals surface area contributed by atoms with E-state index in [0.717, 1.165) is 11.4 Å². The van der Waals surface area contributed by atoms with Gasteiger partial charge in [-0.3, -0.25) is 0 Å². The molecule has 0 radical (unpaired) electrons. The third kappa shape index (κ3) is 3.68. The maximum atomic E-state index is 12.7. The van der Waals surface area contributed by atoms with Crippen molar-refractivity contribution in [2.45, 2.75) is 31.3 Å². The van der Waals surface area contributed by atoms with Crippen molar-refractivity contribution in [3.05, 3.63) is 29.8 Å². The lowest BCUT2D eigenvalue weighted by atomic mass is 10.1. The highest BCUT2D eigenvalue weighted by atomic mass is 32.2. The predicted molar refractivity (Wildman–Crippen MR) is 73.6 cm³/mol. The minimum atomic E-state index is -4.81. The van der Waals surface area contributed by atoms with Crippen LogP contribution in [-0.2, 0) is 10.0 Å². The van der Waals surface area contributed by atoms with E-state index >= 15 is 0 Å². The Morgan fingerprint density at radius 2 is 1.71 bits per heavy atom. The molecule has 0 heterocycles. The van der Waals surface area contributed by atoms with Gasteiger partial charge in [0.2, 0.25) is 10.0 Å². The first-order valence-electron chi connectivity index (χ1n) is 6.20. The average Bonchev–Trinajstić information content (AvgIpc) is 2.43. The van der Waals surface area contributed by atoms with E-state index in [1.165, 1.54) is 14.0 Å². The number of hydrogen-bond acceptors (Lipinski definition) is 3. The molecule has 0 N–H and O–H groups in total. The Kier molecular flexibility index (Phi) is 5.27. The topological polar surface area (TPSA) is 46.6 Å². The van der Waals surface area contributed by atoms with E-state index in [0.29, 0.717) is 18.2 Å². The van der Waals surface area contributed by atoms with Crippen LogP contribution in [0.2, 0.25) is 0 Å². The molecule has 0 saturated carbocycles. The molecular weight excluding hydrogens is 307 g/mol. The fraction of sp³-hybridized carbons (Fsp3) is 0.538. The number of benzene rings is 1. The van der Waals surface area contributed by atoms with Crippen molar-refractivity contribution < 1.29 is 26.3 Å². The Hall–Kier alpha value is -1.28. The first-order valence-corrected chi connectivity index (χ1v) is 7.70.